The Labute approximate surface area is 338 Å². The lowest BCUT2D eigenvalue weighted by molar-refractivity contribution is -0.124. The van der Waals surface area contributed by atoms with Crippen molar-refractivity contribution < 1.29 is 20.1 Å². The SMILES string of the molecule is CCCCCCCCCCCCCCCCCCCCCCCCCCCCC(=O)NC(CO)C(O)C(O)CCCCCCCCCCCCCCCC. The monoisotopic (exact) mass is 766 g/mol. The molecule has 0 aliphatic rings. The van der Waals surface area contributed by atoms with E-state index in [2.05, 4.69) is 19.2 Å². The molecule has 54 heavy (non-hydrogen) atoms. The Kier molecular flexibility index (Phi) is 44.5. The van der Waals surface area contributed by atoms with Gasteiger partial charge in [0.25, 0.3) is 0 Å². The molecular weight excluding hydrogens is 667 g/mol. The fraction of sp³-hybridized carbons (Fsp3) is 0.980. The van der Waals surface area contributed by atoms with E-state index >= 15 is 0 Å². The molecule has 5 heteroatoms. The van der Waals surface area contributed by atoms with E-state index in [9.17, 15) is 20.1 Å². The van der Waals surface area contributed by atoms with E-state index < -0.39 is 18.2 Å². The number of amides is 1. The molecule has 0 radical (unpaired) electrons. The van der Waals surface area contributed by atoms with Gasteiger partial charge in [-0.2, -0.15) is 0 Å². The highest BCUT2D eigenvalue weighted by molar-refractivity contribution is 5.76. The van der Waals surface area contributed by atoms with Crippen LogP contribution in [0.5, 0.6) is 0 Å². The minimum Gasteiger partial charge on any atom is -0.394 e. The number of hydrogen-bond donors (Lipinski definition) is 4. The van der Waals surface area contributed by atoms with Crippen LogP contribution in [-0.4, -0.2) is 46.1 Å². The Bertz CT molecular complexity index is 718. The Morgan fingerprint density at radius 1 is 0.389 bits per heavy atom. The molecule has 0 saturated carbocycles. The highest BCUT2D eigenvalue weighted by Crippen LogP contribution is 2.18. The van der Waals surface area contributed by atoms with E-state index in [1.165, 1.54) is 225 Å². The second-order valence-corrected chi connectivity index (χ2v) is 17.4. The summed E-state index contributed by atoms with van der Waals surface area (Å²) < 4.78 is 0. The smallest absolute Gasteiger partial charge is 0.220 e. The van der Waals surface area contributed by atoms with Crippen LogP contribution < -0.4 is 5.32 Å². The van der Waals surface area contributed by atoms with Crippen molar-refractivity contribution in [2.75, 3.05) is 6.61 Å². The van der Waals surface area contributed by atoms with E-state index in [0.717, 1.165) is 32.1 Å². The molecule has 4 N–H and O–H groups in total. The summed E-state index contributed by atoms with van der Waals surface area (Å²) in [5.74, 6) is -0.138. The summed E-state index contributed by atoms with van der Waals surface area (Å²) >= 11 is 0. The highest BCUT2D eigenvalue weighted by atomic mass is 16.3. The molecule has 0 bridgehead atoms. The summed E-state index contributed by atoms with van der Waals surface area (Å²) in [6.07, 6.45) is 52.3. The van der Waals surface area contributed by atoms with E-state index in [-0.39, 0.29) is 12.5 Å². The number of nitrogens with one attached hydrogen (secondary N) is 1. The molecule has 3 atom stereocenters. The summed E-state index contributed by atoms with van der Waals surface area (Å²) in [4.78, 5) is 12.5. The fourth-order valence-corrected chi connectivity index (χ4v) is 8.11. The Hall–Kier alpha value is -0.650. The van der Waals surface area contributed by atoms with E-state index in [4.69, 9.17) is 0 Å². The van der Waals surface area contributed by atoms with E-state index in [0.29, 0.717) is 12.8 Å². The van der Waals surface area contributed by atoms with Crippen molar-refractivity contribution >= 4 is 5.91 Å². The Morgan fingerprint density at radius 2 is 0.630 bits per heavy atom. The maximum atomic E-state index is 12.5. The van der Waals surface area contributed by atoms with Crippen molar-refractivity contribution in [3.63, 3.8) is 0 Å². The molecule has 0 aromatic rings. The molecule has 0 heterocycles. The number of aliphatic hydroxyl groups is 3. The molecule has 0 fully saturated rings. The maximum absolute atomic E-state index is 12.5. The van der Waals surface area contributed by atoms with Crippen LogP contribution in [-0.2, 0) is 4.79 Å². The predicted octanol–water partition coefficient (Wildman–Crippen LogP) is 14.6. The molecule has 5 nitrogen and oxygen atoms in total. The van der Waals surface area contributed by atoms with E-state index in [1.54, 1.807) is 0 Å². The normalized spacial score (nSPS) is 13.4. The second-order valence-electron chi connectivity index (χ2n) is 17.4. The van der Waals surface area contributed by atoms with Gasteiger partial charge in [-0.15, -0.1) is 0 Å². The standard InChI is InChI=1S/C49H99NO4/c1-3-5-7-9-11-13-15-17-19-20-21-22-23-24-25-26-27-28-29-30-32-34-36-38-40-42-44-48(53)50-46(45-51)49(54)47(52)43-41-39-37-35-33-31-18-16-14-12-10-8-6-4-2/h46-47,49,51-52,54H,3-45H2,1-2H3,(H,50,53). The fourth-order valence-electron chi connectivity index (χ4n) is 8.11. The molecule has 324 valence electrons. The van der Waals surface area contributed by atoms with Crippen molar-refractivity contribution in [3.05, 3.63) is 0 Å². The quantitative estimate of drug-likeness (QED) is 0.0465. The predicted molar refractivity (Wildman–Crippen MR) is 236 cm³/mol. The summed E-state index contributed by atoms with van der Waals surface area (Å²) in [5, 5.41) is 33.6. The van der Waals surface area contributed by atoms with Gasteiger partial charge < -0.3 is 20.6 Å². The Morgan fingerprint density at radius 3 is 0.889 bits per heavy atom. The topological polar surface area (TPSA) is 89.8 Å². The first-order valence-corrected chi connectivity index (χ1v) is 24.8. The van der Waals surface area contributed by atoms with Crippen molar-refractivity contribution in [2.45, 2.75) is 302 Å². The van der Waals surface area contributed by atoms with E-state index in [1.807, 2.05) is 0 Å². The zero-order valence-corrected chi connectivity index (χ0v) is 36.9. The third-order valence-electron chi connectivity index (χ3n) is 12.0. The largest absolute Gasteiger partial charge is 0.394 e. The summed E-state index contributed by atoms with van der Waals surface area (Å²) in [6, 6.07) is -0.803. The molecule has 0 saturated heterocycles. The number of unbranched alkanes of at least 4 members (excludes halogenated alkanes) is 38. The van der Waals surface area contributed by atoms with Crippen LogP contribution in [0.15, 0.2) is 0 Å². The lowest BCUT2D eigenvalue weighted by Crippen LogP contribution is -2.50. The minimum absolute atomic E-state index is 0.138. The third kappa shape index (κ3) is 39.6. The lowest BCUT2D eigenvalue weighted by Gasteiger charge is -2.26. The zero-order valence-electron chi connectivity index (χ0n) is 36.9. The van der Waals surface area contributed by atoms with Gasteiger partial charge in [0.1, 0.15) is 6.10 Å². The van der Waals surface area contributed by atoms with Crippen LogP contribution in [0, 0.1) is 0 Å². The average molecular weight is 766 g/mol. The van der Waals surface area contributed by atoms with Gasteiger partial charge in [0, 0.05) is 6.42 Å². The number of carbonyl (C=O) groups is 1. The number of rotatable bonds is 46. The molecule has 0 spiro atoms. The van der Waals surface area contributed by atoms with Gasteiger partial charge in [-0.1, -0.05) is 264 Å². The minimum atomic E-state index is -1.13. The zero-order chi connectivity index (χ0) is 39.4. The van der Waals surface area contributed by atoms with Crippen molar-refractivity contribution in [3.8, 4) is 0 Å². The second kappa shape index (κ2) is 45.1. The van der Waals surface area contributed by atoms with Crippen LogP contribution in [0.1, 0.15) is 284 Å². The first-order chi connectivity index (χ1) is 26.6. The van der Waals surface area contributed by atoms with Crippen molar-refractivity contribution in [1.29, 1.82) is 0 Å². The van der Waals surface area contributed by atoms with Gasteiger partial charge in [0.2, 0.25) is 5.91 Å². The van der Waals surface area contributed by atoms with Gasteiger partial charge in [0.15, 0.2) is 0 Å². The van der Waals surface area contributed by atoms with Crippen LogP contribution in [0.3, 0.4) is 0 Å². The highest BCUT2D eigenvalue weighted by Gasteiger charge is 2.26. The van der Waals surface area contributed by atoms with Crippen molar-refractivity contribution in [2.24, 2.45) is 0 Å². The van der Waals surface area contributed by atoms with Crippen LogP contribution in [0.2, 0.25) is 0 Å². The first kappa shape index (κ1) is 53.4. The number of carbonyl (C=O) groups excluding carboxylic acids is 1. The molecule has 1 amide bonds. The Balaban J connectivity index is 3.50. The molecule has 0 aliphatic heterocycles. The molecule has 0 aromatic carbocycles. The molecular formula is C49H99NO4. The van der Waals surface area contributed by atoms with Crippen LogP contribution >= 0.6 is 0 Å². The molecule has 0 rings (SSSR count). The lowest BCUT2D eigenvalue weighted by atomic mass is 9.99. The van der Waals surface area contributed by atoms with Gasteiger partial charge in [-0.25, -0.2) is 0 Å². The number of hydrogen-bond acceptors (Lipinski definition) is 4. The van der Waals surface area contributed by atoms with Gasteiger partial charge in [0.05, 0.1) is 18.8 Å². The van der Waals surface area contributed by atoms with Gasteiger partial charge >= 0.3 is 0 Å². The molecule has 0 aromatic heterocycles. The summed E-state index contributed by atoms with van der Waals surface area (Å²) in [7, 11) is 0. The third-order valence-corrected chi connectivity index (χ3v) is 12.0. The van der Waals surface area contributed by atoms with Crippen LogP contribution in [0.4, 0.5) is 0 Å². The van der Waals surface area contributed by atoms with Gasteiger partial charge in [-0.3, -0.25) is 4.79 Å². The molecule has 3 unspecified atom stereocenters. The summed E-state index contributed by atoms with van der Waals surface area (Å²) in [6.45, 7) is 4.21. The number of aliphatic hydroxyl groups excluding tert-OH is 3. The first-order valence-electron chi connectivity index (χ1n) is 24.8. The average Bonchev–Trinajstić information content (AvgIpc) is 3.18. The van der Waals surface area contributed by atoms with Gasteiger partial charge in [-0.05, 0) is 12.8 Å². The van der Waals surface area contributed by atoms with Crippen LogP contribution in [0.25, 0.3) is 0 Å². The summed E-state index contributed by atoms with van der Waals surface area (Å²) in [5.41, 5.74) is 0. The van der Waals surface area contributed by atoms with Crippen molar-refractivity contribution in [1.82, 2.24) is 5.32 Å². The maximum Gasteiger partial charge on any atom is 0.220 e. The molecule has 0 aliphatic carbocycles.